The molecule has 15 heavy (non-hydrogen) atoms. The van der Waals surface area contributed by atoms with E-state index in [-0.39, 0.29) is 0 Å². The highest BCUT2D eigenvalue weighted by atomic mass is 35.5. The van der Waals surface area contributed by atoms with Gasteiger partial charge in [0.05, 0.1) is 0 Å². The number of halogens is 1. The van der Waals surface area contributed by atoms with Gasteiger partial charge in [-0.25, -0.2) is 0 Å². The molecule has 0 aliphatic carbocycles. The molecule has 1 atom stereocenters. The van der Waals surface area contributed by atoms with Crippen LogP contribution >= 0.6 is 11.6 Å². The average molecular weight is 224 g/mol. The minimum atomic E-state index is 0.362. The number of nitrogens with one attached hydrogen (secondary N) is 1. The Morgan fingerprint density at radius 2 is 2.27 bits per heavy atom. The molecule has 0 saturated carbocycles. The third-order valence-corrected chi connectivity index (χ3v) is 3.01. The van der Waals surface area contributed by atoms with Gasteiger partial charge in [0, 0.05) is 11.1 Å². The molecule has 1 aromatic rings. The van der Waals surface area contributed by atoms with Gasteiger partial charge in [0.2, 0.25) is 0 Å². The summed E-state index contributed by atoms with van der Waals surface area (Å²) in [5, 5.41) is 4.13. The zero-order valence-corrected chi connectivity index (χ0v) is 10.1. The summed E-state index contributed by atoms with van der Waals surface area (Å²) >= 11 is 6.10. The van der Waals surface area contributed by atoms with Gasteiger partial charge in [0.15, 0.2) is 0 Å². The molecule has 0 aliphatic rings. The molecular formula is C13H18ClN. The van der Waals surface area contributed by atoms with Crippen LogP contribution in [0.25, 0.3) is 0 Å². The maximum Gasteiger partial charge on any atom is 0.0438 e. The van der Waals surface area contributed by atoms with Crippen LogP contribution in [0, 0.1) is 6.92 Å². The number of allylic oxidation sites excluding steroid dienone is 1. The SMILES string of the molecule is C=CCCC(NC)c1ccc(C)c(Cl)c1. The van der Waals surface area contributed by atoms with Crippen LogP contribution in [-0.4, -0.2) is 7.05 Å². The molecule has 82 valence electrons. The largest absolute Gasteiger partial charge is 0.313 e. The number of benzene rings is 1. The van der Waals surface area contributed by atoms with Crippen molar-refractivity contribution >= 4 is 11.6 Å². The summed E-state index contributed by atoms with van der Waals surface area (Å²) in [4.78, 5) is 0. The Bertz CT molecular complexity index is 333. The topological polar surface area (TPSA) is 12.0 Å². The molecule has 1 rings (SSSR count). The van der Waals surface area contributed by atoms with Gasteiger partial charge < -0.3 is 5.32 Å². The normalized spacial score (nSPS) is 12.5. The van der Waals surface area contributed by atoms with Gasteiger partial charge >= 0.3 is 0 Å². The lowest BCUT2D eigenvalue weighted by Gasteiger charge is -2.16. The third-order valence-electron chi connectivity index (χ3n) is 2.61. The lowest BCUT2D eigenvalue weighted by molar-refractivity contribution is 0.555. The van der Waals surface area contributed by atoms with E-state index in [9.17, 15) is 0 Å². The monoisotopic (exact) mass is 223 g/mol. The molecule has 1 aromatic carbocycles. The summed E-state index contributed by atoms with van der Waals surface area (Å²) in [5.74, 6) is 0. The number of hydrogen-bond donors (Lipinski definition) is 1. The molecule has 0 radical (unpaired) electrons. The van der Waals surface area contributed by atoms with Gasteiger partial charge in [-0.15, -0.1) is 6.58 Å². The van der Waals surface area contributed by atoms with E-state index in [0.717, 1.165) is 23.4 Å². The second-order valence-corrected chi connectivity index (χ2v) is 4.12. The van der Waals surface area contributed by atoms with Gasteiger partial charge in [-0.2, -0.15) is 0 Å². The molecule has 0 saturated heterocycles. The molecule has 1 unspecified atom stereocenters. The molecule has 1 N–H and O–H groups in total. The Labute approximate surface area is 97.1 Å². The van der Waals surface area contributed by atoms with E-state index in [4.69, 9.17) is 11.6 Å². The van der Waals surface area contributed by atoms with Crippen LogP contribution < -0.4 is 5.32 Å². The maximum atomic E-state index is 6.10. The van der Waals surface area contributed by atoms with Crippen molar-refractivity contribution < 1.29 is 0 Å². The van der Waals surface area contributed by atoms with E-state index in [0.29, 0.717) is 6.04 Å². The summed E-state index contributed by atoms with van der Waals surface area (Å²) < 4.78 is 0. The van der Waals surface area contributed by atoms with Crippen molar-refractivity contribution in [3.8, 4) is 0 Å². The first-order chi connectivity index (χ1) is 7.19. The molecule has 0 fully saturated rings. The van der Waals surface area contributed by atoms with Crippen molar-refractivity contribution in [1.29, 1.82) is 0 Å². The summed E-state index contributed by atoms with van der Waals surface area (Å²) in [5.41, 5.74) is 2.37. The second kappa shape index (κ2) is 5.94. The highest BCUT2D eigenvalue weighted by molar-refractivity contribution is 6.31. The molecule has 0 aromatic heterocycles. The standard InChI is InChI=1S/C13H18ClN/c1-4-5-6-13(15-3)11-8-7-10(2)12(14)9-11/h4,7-9,13,15H,1,5-6H2,2-3H3. The van der Waals surface area contributed by atoms with Gasteiger partial charge in [-0.1, -0.05) is 29.8 Å². The van der Waals surface area contributed by atoms with E-state index in [2.05, 4.69) is 24.0 Å². The first kappa shape index (κ1) is 12.3. The van der Waals surface area contributed by atoms with E-state index in [1.165, 1.54) is 5.56 Å². The van der Waals surface area contributed by atoms with Crippen molar-refractivity contribution in [2.24, 2.45) is 0 Å². The van der Waals surface area contributed by atoms with Gasteiger partial charge in [0.1, 0.15) is 0 Å². The Kier molecular flexibility index (Phi) is 4.86. The van der Waals surface area contributed by atoms with Crippen LogP contribution in [0.5, 0.6) is 0 Å². The average Bonchev–Trinajstić information content (AvgIpc) is 2.24. The maximum absolute atomic E-state index is 6.10. The smallest absolute Gasteiger partial charge is 0.0438 e. The van der Waals surface area contributed by atoms with Gasteiger partial charge in [-0.05, 0) is 44.0 Å². The second-order valence-electron chi connectivity index (χ2n) is 3.72. The van der Waals surface area contributed by atoms with Crippen molar-refractivity contribution in [3.63, 3.8) is 0 Å². The van der Waals surface area contributed by atoms with Gasteiger partial charge in [0.25, 0.3) is 0 Å². The summed E-state index contributed by atoms with van der Waals surface area (Å²) in [6.07, 6.45) is 4.01. The van der Waals surface area contributed by atoms with E-state index in [1.807, 2.05) is 26.1 Å². The Morgan fingerprint density at radius 1 is 1.53 bits per heavy atom. The highest BCUT2D eigenvalue weighted by Crippen LogP contribution is 2.23. The van der Waals surface area contributed by atoms with E-state index in [1.54, 1.807) is 0 Å². The molecule has 1 nitrogen and oxygen atoms in total. The van der Waals surface area contributed by atoms with E-state index < -0.39 is 0 Å². The molecule has 0 bridgehead atoms. The third kappa shape index (κ3) is 3.37. The molecule has 0 amide bonds. The Morgan fingerprint density at radius 3 is 2.80 bits per heavy atom. The fourth-order valence-corrected chi connectivity index (χ4v) is 1.78. The van der Waals surface area contributed by atoms with Crippen LogP contribution in [0.15, 0.2) is 30.9 Å². The van der Waals surface area contributed by atoms with Crippen LogP contribution in [0.1, 0.15) is 30.0 Å². The summed E-state index contributed by atoms with van der Waals surface area (Å²) in [6, 6.07) is 6.60. The van der Waals surface area contributed by atoms with Crippen molar-refractivity contribution in [1.82, 2.24) is 5.32 Å². The Hall–Kier alpha value is -0.790. The molecule has 0 spiro atoms. The minimum Gasteiger partial charge on any atom is -0.313 e. The minimum absolute atomic E-state index is 0.362. The summed E-state index contributed by atoms with van der Waals surface area (Å²) in [7, 11) is 1.97. The van der Waals surface area contributed by atoms with Crippen LogP contribution in [0.4, 0.5) is 0 Å². The number of rotatable bonds is 5. The first-order valence-electron chi connectivity index (χ1n) is 5.23. The van der Waals surface area contributed by atoms with Gasteiger partial charge in [-0.3, -0.25) is 0 Å². The van der Waals surface area contributed by atoms with Crippen LogP contribution in [-0.2, 0) is 0 Å². The van der Waals surface area contributed by atoms with Crippen molar-refractivity contribution in [3.05, 3.63) is 47.0 Å². The first-order valence-corrected chi connectivity index (χ1v) is 5.61. The van der Waals surface area contributed by atoms with Crippen LogP contribution in [0.2, 0.25) is 5.02 Å². The fraction of sp³-hybridized carbons (Fsp3) is 0.385. The highest BCUT2D eigenvalue weighted by Gasteiger charge is 2.08. The predicted molar refractivity (Wildman–Crippen MR) is 67.4 cm³/mol. The zero-order valence-electron chi connectivity index (χ0n) is 9.39. The fourth-order valence-electron chi connectivity index (χ4n) is 1.59. The predicted octanol–water partition coefficient (Wildman–Crippen LogP) is 3.88. The quantitative estimate of drug-likeness (QED) is 0.748. The van der Waals surface area contributed by atoms with E-state index >= 15 is 0 Å². The molecule has 0 heterocycles. The number of hydrogen-bond acceptors (Lipinski definition) is 1. The Balaban J connectivity index is 2.82. The lowest BCUT2D eigenvalue weighted by Crippen LogP contribution is -2.16. The van der Waals surface area contributed by atoms with Crippen LogP contribution in [0.3, 0.4) is 0 Å². The number of aryl methyl sites for hydroxylation is 1. The molecule has 0 aliphatic heterocycles. The molecular weight excluding hydrogens is 206 g/mol. The lowest BCUT2D eigenvalue weighted by atomic mass is 10.0. The molecule has 2 heteroatoms. The summed E-state index contributed by atoms with van der Waals surface area (Å²) in [6.45, 7) is 5.76. The zero-order chi connectivity index (χ0) is 11.3. The van der Waals surface area contributed by atoms with Crippen molar-refractivity contribution in [2.45, 2.75) is 25.8 Å². The van der Waals surface area contributed by atoms with Crippen molar-refractivity contribution in [2.75, 3.05) is 7.05 Å².